The Bertz CT molecular complexity index is 3590. The number of hydrogen-bond acceptors (Lipinski definition) is 4. The summed E-state index contributed by atoms with van der Waals surface area (Å²) >= 11 is 1.82. The molecule has 0 aliphatic rings. The fourth-order valence-corrected chi connectivity index (χ4v) is 10.1. The first-order valence-electron chi connectivity index (χ1n) is 20.8. The predicted octanol–water partition coefficient (Wildman–Crippen LogP) is 15.3. The molecule has 0 saturated carbocycles. The molecule has 0 atom stereocenters. The molecule has 0 spiro atoms. The molecule has 9 aromatic carbocycles. The largest absolute Gasteiger partial charge is 0.309 e. The lowest BCUT2D eigenvalue weighted by Gasteiger charge is -2.15. The van der Waals surface area contributed by atoms with Crippen molar-refractivity contribution in [3.05, 3.63) is 218 Å². The molecule has 12 rings (SSSR count). The maximum Gasteiger partial charge on any atom is 0.164 e. The first kappa shape index (κ1) is 35.9. The minimum atomic E-state index is 0.631. The predicted molar refractivity (Wildman–Crippen MR) is 260 cm³/mol. The summed E-state index contributed by atoms with van der Waals surface area (Å²) < 4.78 is 4.88. The zero-order chi connectivity index (χ0) is 41.0. The van der Waals surface area contributed by atoms with Crippen LogP contribution in [0.15, 0.2) is 218 Å². The van der Waals surface area contributed by atoms with E-state index < -0.39 is 0 Å². The Labute approximate surface area is 362 Å². The summed E-state index contributed by atoms with van der Waals surface area (Å²) in [6.07, 6.45) is 0. The Morgan fingerprint density at radius 1 is 0.306 bits per heavy atom. The summed E-state index contributed by atoms with van der Waals surface area (Å²) in [4.78, 5) is 15.5. The second-order valence-corrected chi connectivity index (χ2v) is 16.7. The van der Waals surface area contributed by atoms with Crippen LogP contribution in [-0.2, 0) is 0 Å². The number of rotatable bonds is 7. The number of benzene rings is 9. The van der Waals surface area contributed by atoms with Gasteiger partial charge in [-0.05, 0) is 82.4 Å². The highest BCUT2D eigenvalue weighted by Crippen LogP contribution is 2.44. The molecule has 3 heterocycles. The average molecular weight is 809 g/mol. The molecule has 3 aromatic heterocycles. The molecule has 290 valence electrons. The van der Waals surface area contributed by atoms with Gasteiger partial charge in [-0.2, -0.15) is 0 Å². The summed E-state index contributed by atoms with van der Waals surface area (Å²) in [5.41, 5.74) is 13.3. The summed E-state index contributed by atoms with van der Waals surface area (Å²) in [7, 11) is 0. The van der Waals surface area contributed by atoms with Crippen molar-refractivity contribution in [2.75, 3.05) is 0 Å². The van der Waals surface area contributed by atoms with Gasteiger partial charge in [0, 0.05) is 53.2 Å². The van der Waals surface area contributed by atoms with Crippen LogP contribution in [0, 0.1) is 0 Å². The van der Waals surface area contributed by atoms with Gasteiger partial charge in [0.25, 0.3) is 0 Å². The highest BCUT2D eigenvalue weighted by atomic mass is 32.1. The van der Waals surface area contributed by atoms with E-state index in [1.807, 2.05) is 29.5 Å². The molecule has 0 fully saturated rings. The van der Waals surface area contributed by atoms with Crippen LogP contribution in [0.3, 0.4) is 0 Å². The maximum atomic E-state index is 5.23. The van der Waals surface area contributed by atoms with Gasteiger partial charge in [-0.15, -0.1) is 11.3 Å². The van der Waals surface area contributed by atoms with Crippen molar-refractivity contribution in [1.82, 2.24) is 19.5 Å². The molecule has 0 amide bonds. The molecule has 0 unspecified atom stereocenters. The van der Waals surface area contributed by atoms with E-state index in [1.54, 1.807) is 0 Å². The lowest BCUT2D eigenvalue weighted by atomic mass is 9.97. The number of fused-ring (bicyclic) bond motifs is 6. The normalized spacial score (nSPS) is 11.5. The first-order chi connectivity index (χ1) is 30.7. The Hall–Kier alpha value is -7.99. The SMILES string of the molecule is c1ccc(-c2cccc(-c3cccc(-c4nc(-c5ccccc5)nc(-c5ccc6sc7cccc(-c8ccccc8-n8c9ccccc9c9ccccc98)c7c6c5)n4)c3)c2)cc1. The molecule has 0 aliphatic heterocycles. The van der Waals surface area contributed by atoms with E-state index in [9.17, 15) is 0 Å². The molecule has 12 aromatic rings. The van der Waals surface area contributed by atoms with E-state index in [0.29, 0.717) is 17.5 Å². The van der Waals surface area contributed by atoms with Gasteiger partial charge in [-0.1, -0.05) is 164 Å². The zero-order valence-electron chi connectivity index (χ0n) is 33.5. The van der Waals surface area contributed by atoms with Crippen LogP contribution < -0.4 is 0 Å². The molecule has 0 radical (unpaired) electrons. The van der Waals surface area contributed by atoms with Crippen molar-refractivity contribution in [3.8, 4) is 73.2 Å². The quantitative estimate of drug-likeness (QED) is 0.161. The van der Waals surface area contributed by atoms with Gasteiger partial charge in [0.2, 0.25) is 0 Å². The van der Waals surface area contributed by atoms with E-state index >= 15 is 0 Å². The molecule has 62 heavy (non-hydrogen) atoms. The van der Waals surface area contributed by atoms with E-state index in [4.69, 9.17) is 15.0 Å². The second kappa shape index (κ2) is 14.9. The number of thiophene rings is 1. The summed E-state index contributed by atoms with van der Waals surface area (Å²) in [5, 5.41) is 4.90. The van der Waals surface area contributed by atoms with Crippen molar-refractivity contribution in [2.24, 2.45) is 0 Å². The summed E-state index contributed by atoms with van der Waals surface area (Å²) in [6.45, 7) is 0. The molecule has 4 nitrogen and oxygen atoms in total. The van der Waals surface area contributed by atoms with Crippen molar-refractivity contribution < 1.29 is 0 Å². The minimum absolute atomic E-state index is 0.631. The van der Waals surface area contributed by atoms with Crippen molar-refractivity contribution >= 4 is 53.3 Å². The fraction of sp³-hybridized carbons (Fsp3) is 0. The van der Waals surface area contributed by atoms with Crippen molar-refractivity contribution in [2.45, 2.75) is 0 Å². The Morgan fingerprint density at radius 3 is 1.48 bits per heavy atom. The Balaban J connectivity index is 1.01. The third kappa shape index (κ3) is 6.18. The van der Waals surface area contributed by atoms with Crippen LogP contribution in [-0.4, -0.2) is 19.5 Å². The number of nitrogens with zero attached hydrogens (tertiary/aromatic N) is 4. The van der Waals surface area contributed by atoms with Crippen LogP contribution in [0.5, 0.6) is 0 Å². The van der Waals surface area contributed by atoms with Gasteiger partial charge < -0.3 is 4.57 Å². The summed E-state index contributed by atoms with van der Waals surface area (Å²) in [6, 6.07) is 77.5. The van der Waals surface area contributed by atoms with Gasteiger partial charge in [-0.3, -0.25) is 0 Å². The highest BCUT2D eigenvalue weighted by molar-refractivity contribution is 7.26. The van der Waals surface area contributed by atoms with Gasteiger partial charge in [0.05, 0.1) is 16.7 Å². The van der Waals surface area contributed by atoms with Crippen LogP contribution in [0.4, 0.5) is 0 Å². The van der Waals surface area contributed by atoms with Crippen LogP contribution in [0.1, 0.15) is 0 Å². The smallest absolute Gasteiger partial charge is 0.164 e. The standard InChI is InChI=1S/C57H36N4S/c1-3-16-37(17-4-1)39-20-13-21-40(34-39)41-22-14-23-42(35-41)56-58-55(38-18-5-2-6-19-38)59-57(60-56)43-32-33-52-48(36-43)54-47(27-15-31-53(54)62-52)46-26-9-12-30-51(46)61-49-28-10-7-24-44(49)45-25-8-11-29-50(45)61/h1-36H. The van der Waals surface area contributed by atoms with Gasteiger partial charge in [0.1, 0.15) is 0 Å². The zero-order valence-corrected chi connectivity index (χ0v) is 34.3. The van der Waals surface area contributed by atoms with Crippen LogP contribution in [0.2, 0.25) is 0 Å². The monoisotopic (exact) mass is 808 g/mol. The molecule has 0 bridgehead atoms. The first-order valence-corrected chi connectivity index (χ1v) is 21.7. The van der Waals surface area contributed by atoms with Crippen molar-refractivity contribution in [1.29, 1.82) is 0 Å². The van der Waals surface area contributed by atoms with E-state index in [-0.39, 0.29) is 0 Å². The molecule has 5 heteroatoms. The highest BCUT2D eigenvalue weighted by Gasteiger charge is 2.20. The Kier molecular flexibility index (Phi) is 8.65. The number of aromatic nitrogens is 4. The second-order valence-electron chi connectivity index (χ2n) is 15.6. The van der Waals surface area contributed by atoms with Crippen molar-refractivity contribution in [3.63, 3.8) is 0 Å². The number of para-hydroxylation sites is 3. The molecular weight excluding hydrogens is 773 g/mol. The molecule has 0 N–H and O–H groups in total. The fourth-order valence-electron chi connectivity index (χ4n) is 8.97. The van der Waals surface area contributed by atoms with Gasteiger partial charge in [-0.25, -0.2) is 15.0 Å². The number of hydrogen-bond donors (Lipinski definition) is 0. The molecular formula is C57H36N4S. The summed E-state index contributed by atoms with van der Waals surface area (Å²) in [5.74, 6) is 1.90. The lowest BCUT2D eigenvalue weighted by molar-refractivity contribution is 1.07. The van der Waals surface area contributed by atoms with Gasteiger partial charge in [0.15, 0.2) is 17.5 Å². The molecule has 0 aliphatic carbocycles. The van der Waals surface area contributed by atoms with Crippen LogP contribution >= 0.6 is 11.3 Å². The van der Waals surface area contributed by atoms with E-state index in [1.165, 1.54) is 64.2 Å². The Morgan fingerprint density at radius 2 is 0.790 bits per heavy atom. The van der Waals surface area contributed by atoms with E-state index in [2.05, 4.69) is 205 Å². The maximum absolute atomic E-state index is 5.23. The minimum Gasteiger partial charge on any atom is -0.309 e. The average Bonchev–Trinajstić information content (AvgIpc) is 3.90. The lowest BCUT2D eigenvalue weighted by Crippen LogP contribution is -2.00. The third-order valence-electron chi connectivity index (χ3n) is 11.9. The van der Waals surface area contributed by atoms with Crippen LogP contribution in [0.25, 0.3) is 115 Å². The van der Waals surface area contributed by atoms with Gasteiger partial charge >= 0.3 is 0 Å². The third-order valence-corrected chi connectivity index (χ3v) is 13.0. The topological polar surface area (TPSA) is 43.6 Å². The van der Waals surface area contributed by atoms with E-state index in [0.717, 1.165) is 33.5 Å². The molecule has 0 saturated heterocycles.